The maximum absolute atomic E-state index is 10.1. The summed E-state index contributed by atoms with van der Waals surface area (Å²) in [5.74, 6) is 1.29. The number of hydrogen-bond acceptors (Lipinski definition) is 2. The Balaban J connectivity index is 1.61. The van der Waals surface area contributed by atoms with Crippen LogP contribution in [-0.4, -0.2) is 29.1 Å². The normalized spacial score (nSPS) is 32.2. The Hall–Kier alpha value is -1.02. The summed E-state index contributed by atoms with van der Waals surface area (Å²) in [7, 11) is 0. The van der Waals surface area contributed by atoms with Gasteiger partial charge in [-0.3, -0.25) is 4.90 Å². The van der Waals surface area contributed by atoms with Gasteiger partial charge in [-0.1, -0.05) is 45.1 Å². The molecular weight excluding hydrogens is 294 g/mol. The summed E-state index contributed by atoms with van der Waals surface area (Å²) in [5, 5.41) is 10.1. The van der Waals surface area contributed by atoms with Gasteiger partial charge in [-0.2, -0.15) is 0 Å². The van der Waals surface area contributed by atoms with Crippen molar-refractivity contribution in [2.24, 2.45) is 5.92 Å². The van der Waals surface area contributed by atoms with E-state index >= 15 is 0 Å². The Kier molecular flexibility index (Phi) is 4.60. The lowest BCUT2D eigenvalue weighted by Gasteiger charge is -2.59. The molecule has 132 valence electrons. The number of phenols is 1. The lowest BCUT2D eigenvalue weighted by molar-refractivity contribution is -0.0120. The number of fused-ring (bicyclic) bond motifs is 1. The molecule has 2 fully saturated rings. The molecule has 0 radical (unpaired) electrons. The average Bonchev–Trinajstić information content (AvgIpc) is 2.61. The van der Waals surface area contributed by atoms with Gasteiger partial charge in [-0.05, 0) is 74.4 Å². The molecule has 3 atom stereocenters. The molecule has 2 nitrogen and oxygen atoms in total. The van der Waals surface area contributed by atoms with Gasteiger partial charge >= 0.3 is 0 Å². The molecule has 2 aliphatic carbocycles. The molecule has 1 saturated carbocycles. The van der Waals surface area contributed by atoms with Crippen molar-refractivity contribution in [3.63, 3.8) is 0 Å². The number of phenolic OH excluding ortho intramolecular Hbond substituents is 1. The first-order chi connectivity index (χ1) is 11.7. The average molecular weight is 328 g/mol. The van der Waals surface area contributed by atoms with Crippen LogP contribution in [0.15, 0.2) is 18.2 Å². The van der Waals surface area contributed by atoms with E-state index in [1.54, 1.807) is 0 Å². The van der Waals surface area contributed by atoms with Crippen LogP contribution >= 0.6 is 0 Å². The molecule has 1 N–H and O–H groups in total. The monoisotopic (exact) mass is 327 g/mol. The molecule has 2 bridgehead atoms. The Morgan fingerprint density at radius 3 is 2.96 bits per heavy atom. The highest BCUT2D eigenvalue weighted by atomic mass is 16.3. The first-order valence-corrected chi connectivity index (χ1v) is 10.3. The smallest absolute Gasteiger partial charge is 0.115 e. The van der Waals surface area contributed by atoms with Gasteiger partial charge in [-0.25, -0.2) is 0 Å². The highest BCUT2D eigenvalue weighted by Gasteiger charge is 2.53. The summed E-state index contributed by atoms with van der Waals surface area (Å²) in [6.07, 6.45) is 13.5. The lowest BCUT2D eigenvalue weighted by atomic mass is 9.52. The van der Waals surface area contributed by atoms with Gasteiger partial charge < -0.3 is 5.11 Å². The van der Waals surface area contributed by atoms with Crippen molar-refractivity contribution in [3.8, 4) is 5.75 Å². The van der Waals surface area contributed by atoms with Crippen LogP contribution in [0.4, 0.5) is 0 Å². The minimum absolute atomic E-state index is 0.370. The molecule has 0 spiro atoms. The van der Waals surface area contributed by atoms with Crippen LogP contribution in [0.25, 0.3) is 0 Å². The highest BCUT2D eigenvalue weighted by Crippen LogP contribution is 2.56. The SMILES string of the molecule is CCCCCCN1CC[C@@]23CCCC[C@H]2[C@H]1Cc1ccc(O)cc13. The van der Waals surface area contributed by atoms with Gasteiger partial charge in [0.2, 0.25) is 0 Å². The Bertz CT molecular complexity index is 583. The number of rotatable bonds is 5. The standard InChI is InChI=1S/C22H33NO/c1-2-3-4-7-13-23-14-12-22-11-6-5-8-19(22)21(23)15-17-9-10-18(24)16-20(17)22/h9-10,16,19,21,24H,2-8,11-15H2,1H3/t19-,21+,22-/m0/s1. The van der Waals surface area contributed by atoms with Gasteiger partial charge in [0.25, 0.3) is 0 Å². The molecule has 1 aromatic rings. The zero-order valence-corrected chi connectivity index (χ0v) is 15.3. The third kappa shape index (κ3) is 2.67. The number of nitrogens with zero attached hydrogens (tertiary/aromatic N) is 1. The fraction of sp³-hybridized carbons (Fsp3) is 0.727. The first-order valence-electron chi connectivity index (χ1n) is 10.3. The van der Waals surface area contributed by atoms with Crippen molar-refractivity contribution in [1.82, 2.24) is 4.90 Å². The molecule has 1 heterocycles. The molecule has 2 heteroatoms. The van der Waals surface area contributed by atoms with E-state index in [1.807, 2.05) is 6.07 Å². The van der Waals surface area contributed by atoms with Crippen molar-refractivity contribution >= 4 is 0 Å². The van der Waals surface area contributed by atoms with E-state index in [1.165, 1.54) is 88.4 Å². The zero-order valence-electron chi connectivity index (χ0n) is 15.3. The second-order valence-corrected chi connectivity index (χ2v) is 8.47. The van der Waals surface area contributed by atoms with Crippen LogP contribution in [0.5, 0.6) is 5.75 Å². The minimum Gasteiger partial charge on any atom is -0.508 e. The van der Waals surface area contributed by atoms with E-state index < -0.39 is 0 Å². The van der Waals surface area contributed by atoms with Crippen molar-refractivity contribution in [2.75, 3.05) is 13.1 Å². The van der Waals surface area contributed by atoms with Crippen LogP contribution in [0, 0.1) is 5.92 Å². The fourth-order valence-corrected chi connectivity index (χ4v) is 6.09. The van der Waals surface area contributed by atoms with Crippen molar-refractivity contribution in [1.29, 1.82) is 0 Å². The predicted octanol–water partition coefficient (Wildman–Crippen LogP) is 5.03. The largest absolute Gasteiger partial charge is 0.508 e. The summed E-state index contributed by atoms with van der Waals surface area (Å²) >= 11 is 0. The molecular formula is C22H33NO. The number of benzene rings is 1. The molecule has 0 aromatic heterocycles. The predicted molar refractivity (Wildman–Crippen MR) is 99.6 cm³/mol. The number of piperidine rings is 1. The van der Waals surface area contributed by atoms with Crippen LogP contribution in [0.3, 0.4) is 0 Å². The van der Waals surface area contributed by atoms with E-state index in [-0.39, 0.29) is 0 Å². The van der Waals surface area contributed by atoms with E-state index in [4.69, 9.17) is 0 Å². The highest BCUT2D eigenvalue weighted by molar-refractivity contribution is 5.45. The van der Waals surface area contributed by atoms with Gasteiger partial charge in [0.15, 0.2) is 0 Å². The second-order valence-electron chi connectivity index (χ2n) is 8.47. The van der Waals surface area contributed by atoms with E-state index in [9.17, 15) is 5.11 Å². The summed E-state index contributed by atoms with van der Waals surface area (Å²) in [5.41, 5.74) is 3.40. The van der Waals surface area contributed by atoms with Crippen LogP contribution in [0.2, 0.25) is 0 Å². The zero-order chi connectivity index (χ0) is 16.6. The summed E-state index contributed by atoms with van der Waals surface area (Å²) < 4.78 is 0. The number of likely N-dealkylation sites (tertiary alicyclic amines) is 1. The van der Waals surface area contributed by atoms with Gasteiger partial charge in [0.1, 0.15) is 5.75 Å². The molecule has 1 saturated heterocycles. The lowest BCUT2D eigenvalue weighted by Crippen LogP contribution is -2.60. The van der Waals surface area contributed by atoms with Gasteiger partial charge in [0, 0.05) is 11.5 Å². The Morgan fingerprint density at radius 2 is 2.08 bits per heavy atom. The third-order valence-corrected chi connectivity index (χ3v) is 7.23. The number of aromatic hydroxyl groups is 1. The summed E-state index contributed by atoms with van der Waals surface area (Å²) in [6.45, 7) is 4.86. The molecule has 1 aliphatic heterocycles. The molecule has 4 rings (SSSR count). The van der Waals surface area contributed by atoms with Crippen LogP contribution < -0.4 is 0 Å². The quantitative estimate of drug-likeness (QED) is 0.767. The number of hydrogen-bond donors (Lipinski definition) is 1. The molecule has 1 aromatic carbocycles. The van der Waals surface area contributed by atoms with E-state index in [0.717, 1.165) is 12.0 Å². The van der Waals surface area contributed by atoms with E-state index in [0.29, 0.717) is 11.2 Å². The second kappa shape index (κ2) is 6.71. The maximum atomic E-state index is 10.1. The van der Waals surface area contributed by atoms with Crippen molar-refractivity contribution in [3.05, 3.63) is 29.3 Å². The Morgan fingerprint density at radius 1 is 1.17 bits per heavy atom. The molecule has 0 amide bonds. The molecule has 3 aliphatic rings. The number of unbranched alkanes of at least 4 members (excludes halogenated alkanes) is 3. The molecule has 24 heavy (non-hydrogen) atoms. The van der Waals surface area contributed by atoms with E-state index in [2.05, 4.69) is 24.0 Å². The van der Waals surface area contributed by atoms with Crippen molar-refractivity contribution in [2.45, 2.75) is 82.6 Å². The van der Waals surface area contributed by atoms with Crippen LogP contribution in [-0.2, 0) is 11.8 Å². The minimum atomic E-state index is 0.370. The fourth-order valence-electron chi connectivity index (χ4n) is 6.09. The van der Waals surface area contributed by atoms with Crippen molar-refractivity contribution < 1.29 is 5.11 Å². The third-order valence-electron chi connectivity index (χ3n) is 7.23. The topological polar surface area (TPSA) is 23.5 Å². The van der Waals surface area contributed by atoms with Gasteiger partial charge in [-0.15, -0.1) is 0 Å². The molecule has 0 unspecified atom stereocenters. The summed E-state index contributed by atoms with van der Waals surface area (Å²) in [4.78, 5) is 2.83. The van der Waals surface area contributed by atoms with Crippen LogP contribution in [0.1, 0.15) is 75.8 Å². The maximum Gasteiger partial charge on any atom is 0.115 e. The Labute approximate surface area is 147 Å². The first kappa shape index (κ1) is 16.4. The van der Waals surface area contributed by atoms with Gasteiger partial charge in [0.05, 0.1) is 0 Å². The summed E-state index contributed by atoms with van der Waals surface area (Å²) in [6, 6.07) is 6.98.